The van der Waals surface area contributed by atoms with Crippen LogP contribution < -0.4 is 4.74 Å². The average molecular weight is 310 g/mol. The van der Waals surface area contributed by atoms with Gasteiger partial charge in [0.2, 0.25) is 0 Å². The Morgan fingerprint density at radius 2 is 1.77 bits per heavy atom. The van der Waals surface area contributed by atoms with E-state index < -0.39 is 11.9 Å². The van der Waals surface area contributed by atoms with Crippen LogP contribution in [0.4, 0.5) is 0 Å². The van der Waals surface area contributed by atoms with Gasteiger partial charge < -0.3 is 19.7 Å². The highest BCUT2D eigenvalue weighted by Crippen LogP contribution is 2.26. The molecule has 6 nitrogen and oxygen atoms in total. The van der Waals surface area contributed by atoms with Crippen molar-refractivity contribution < 1.29 is 29.3 Å². The van der Waals surface area contributed by atoms with Crippen molar-refractivity contribution in [2.75, 3.05) is 19.8 Å². The smallest absolute Gasteiger partial charge is 0.329 e. The van der Waals surface area contributed by atoms with Gasteiger partial charge in [0, 0.05) is 6.42 Å². The molecular formula is C16H22O6. The van der Waals surface area contributed by atoms with Crippen LogP contribution in [0, 0.1) is 0 Å². The fourth-order valence-corrected chi connectivity index (χ4v) is 2.12. The topological polar surface area (TPSA) is 93.1 Å². The molecule has 0 amide bonds. The lowest BCUT2D eigenvalue weighted by Gasteiger charge is -2.15. The molecular weight excluding hydrogens is 288 g/mol. The Kier molecular flexibility index (Phi) is 7.99. The second-order valence-electron chi connectivity index (χ2n) is 4.90. The van der Waals surface area contributed by atoms with Gasteiger partial charge in [-0.25, -0.2) is 4.79 Å². The van der Waals surface area contributed by atoms with Crippen molar-refractivity contribution in [2.24, 2.45) is 0 Å². The zero-order valence-electron chi connectivity index (χ0n) is 12.7. The maximum absolute atomic E-state index is 10.7. The number of aliphatic carboxylic acids is 2. The summed E-state index contributed by atoms with van der Waals surface area (Å²) >= 11 is 0. The van der Waals surface area contributed by atoms with Crippen LogP contribution in [0.5, 0.6) is 5.75 Å². The normalized spacial score (nSPS) is 11.9. The molecule has 1 unspecified atom stereocenters. The summed E-state index contributed by atoms with van der Waals surface area (Å²) in [5.74, 6) is -0.879. The summed E-state index contributed by atoms with van der Waals surface area (Å²) in [4.78, 5) is 20.9. The van der Waals surface area contributed by atoms with Gasteiger partial charge in [0.25, 0.3) is 0 Å². The molecule has 1 aromatic rings. The van der Waals surface area contributed by atoms with Crippen LogP contribution >= 0.6 is 0 Å². The highest BCUT2D eigenvalue weighted by atomic mass is 16.5. The van der Waals surface area contributed by atoms with E-state index in [1.807, 2.05) is 31.2 Å². The fourth-order valence-electron chi connectivity index (χ4n) is 2.12. The van der Waals surface area contributed by atoms with Crippen LogP contribution in [0.15, 0.2) is 24.3 Å². The maximum Gasteiger partial charge on any atom is 0.329 e. The molecule has 1 atom stereocenters. The van der Waals surface area contributed by atoms with Gasteiger partial charge >= 0.3 is 11.9 Å². The summed E-state index contributed by atoms with van der Waals surface area (Å²) in [5, 5.41) is 17.2. The van der Waals surface area contributed by atoms with Crippen molar-refractivity contribution in [3.63, 3.8) is 0 Å². The molecule has 1 rings (SSSR count). The van der Waals surface area contributed by atoms with Gasteiger partial charge in [-0.05, 0) is 36.5 Å². The minimum atomic E-state index is -1.00. The first-order chi connectivity index (χ1) is 10.5. The van der Waals surface area contributed by atoms with Gasteiger partial charge in [-0.1, -0.05) is 19.1 Å². The zero-order chi connectivity index (χ0) is 16.4. The summed E-state index contributed by atoms with van der Waals surface area (Å²) < 4.78 is 10.3. The highest BCUT2D eigenvalue weighted by molar-refractivity contribution is 5.68. The monoisotopic (exact) mass is 310 g/mol. The van der Waals surface area contributed by atoms with E-state index in [1.54, 1.807) is 0 Å². The number of carboxylic acid groups (broad SMARTS) is 2. The molecule has 0 saturated heterocycles. The Hall–Kier alpha value is -2.08. The van der Waals surface area contributed by atoms with Crippen molar-refractivity contribution in [1.82, 2.24) is 0 Å². The van der Waals surface area contributed by atoms with E-state index in [1.165, 1.54) is 0 Å². The van der Waals surface area contributed by atoms with Gasteiger partial charge in [-0.3, -0.25) is 4.79 Å². The first-order valence-electron chi connectivity index (χ1n) is 7.27. The lowest BCUT2D eigenvalue weighted by molar-refractivity contribution is -0.142. The molecule has 0 aromatic heterocycles. The number of hydrogen-bond donors (Lipinski definition) is 2. The SMILES string of the molecule is CCC(CCC(=O)O)c1ccc(OCCOCC(=O)O)cc1. The Labute approximate surface area is 129 Å². The van der Waals surface area contributed by atoms with E-state index in [4.69, 9.17) is 19.7 Å². The highest BCUT2D eigenvalue weighted by Gasteiger charge is 2.11. The van der Waals surface area contributed by atoms with Gasteiger partial charge in [0.1, 0.15) is 19.0 Å². The van der Waals surface area contributed by atoms with Crippen molar-refractivity contribution in [3.8, 4) is 5.75 Å². The molecule has 122 valence electrons. The molecule has 1 aromatic carbocycles. The summed E-state index contributed by atoms with van der Waals surface area (Å²) in [6, 6.07) is 7.53. The molecule has 6 heteroatoms. The molecule has 0 saturated carbocycles. The van der Waals surface area contributed by atoms with Crippen molar-refractivity contribution in [2.45, 2.75) is 32.1 Å². The molecule has 0 aliphatic carbocycles. The van der Waals surface area contributed by atoms with E-state index in [9.17, 15) is 9.59 Å². The van der Waals surface area contributed by atoms with Crippen LogP contribution in [0.1, 0.15) is 37.7 Å². The molecule has 0 fully saturated rings. The molecule has 0 aliphatic rings. The predicted molar refractivity (Wildman–Crippen MR) is 80.3 cm³/mol. The van der Waals surface area contributed by atoms with Crippen molar-refractivity contribution >= 4 is 11.9 Å². The van der Waals surface area contributed by atoms with E-state index in [2.05, 4.69) is 0 Å². The van der Waals surface area contributed by atoms with Crippen LogP contribution in [-0.2, 0) is 14.3 Å². The second kappa shape index (κ2) is 9.78. The van der Waals surface area contributed by atoms with E-state index in [-0.39, 0.29) is 32.2 Å². The van der Waals surface area contributed by atoms with Gasteiger partial charge in [0.15, 0.2) is 0 Å². The summed E-state index contributed by atoms with van der Waals surface area (Å²) in [6.45, 7) is 2.20. The molecule has 0 bridgehead atoms. The van der Waals surface area contributed by atoms with Crippen LogP contribution in [0.2, 0.25) is 0 Å². The molecule has 22 heavy (non-hydrogen) atoms. The molecule has 0 spiro atoms. The number of hydrogen-bond acceptors (Lipinski definition) is 4. The average Bonchev–Trinajstić information content (AvgIpc) is 2.48. The number of carboxylic acids is 2. The van der Waals surface area contributed by atoms with Crippen LogP contribution in [0.3, 0.4) is 0 Å². The Morgan fingerprint density at radius 1 is 1.09 bits per heavy atom. The largest absolute Gasteiger partial charge is 0.491 e. The van der Waals surface area contributed by atoms with E-state index in [0.29, 0.717) is 12.2 Å². The zero-order valence-corrected chi connectivity index (χ0v) is 12.7. The number of benzene rings is 1. The quantitative estimate of drug-likeness (QED) is 0.610. The van der Waals surface area contributed by atoms with Gasteiger partial charge in [-0.15, -0.1) is 0 Å². The maximum atomic E-state index is 10.7. The second-order valence-corrected chi connectivity index (χ2v) is 4.90. The third kappa shape index (κ3) is 7.08. The van der Waals surface area contributed by atoms with E-state index >= 15 is 0 Å². The van der Waals surface area contributed by atoms with Gasteiger partial charge in [-0.2, -0.15) is 0 Å². The van der Waals surface area contributed by atoms with Crippen molar-refractivity contribution in [1.29, 1.82) is 0 Å². The molecule has 2 N–H and O–H groups in total. The third-order valence-corrected chi connectivity index (χ3v) is 3.27. The fraction of sp³-hybridized carbons (Fsp3) is 0.500. The van der Waals surface area contributed by atoms with Gasteiger partial charge in [0.05, 0.1) is 6.61 Å². The lowest BCUT2D eigenvalue weighted by atomic mass is 9.92. The van der Waals surface area contributed by atoms with E-state index in [0.717, 1.165) is 12.0 Å². The number of rotatable bonds is 11. The minimum absolute atomic E-state index is 0.164. The lowest BCUT2D eigenvalue weighted by Crippen LogP contribution is -2.12. The minimum Gasteiger partial charge on any atom is -0.491 e. The third-order valence-electron chi connectivity index (χ3n) is 3.27. The summed E-state index contributed by atoms with van der Waals surface area (Å²) in [6.07, 6.45) is 1.67. The van der Waals surface area contributed by atoms with Crippen molar-refractivity contribution in [3.05, 3.63) is 29.8 Å². The Balaban J connectivity index is 2.40. The standard InChI is InChI=1S/C16H22O6/c1-2-12(5-8-15(17)18)13-3-6-14(7-4-13)22-10-9-21-11-16(19)20/h3-4,6-7,12H,2,5,8-11H2,1H3,(H,17,18)(H,19,20). The number of carbonyl (C=O) groups is 2. The summed E-state index contributed by atoms with van der Waals surface area (Å²) in [7, 11) is 0. The Bertz CT molecular complexity index is 468. The predicted octanol–water partition coefficient (Wildman–Crippen LogP) is 2.53. The number of ether oxygens (including phenoxy) is 2. The molecule has 0 radical (unpaired) electrons. The molecule has 0 heterocycles. The Morgan fingerprint density at radius 3 is 2.32 bits per heavy atom. The summed E-state index contributed by atoms with van der Waals surface area (Å²) in [5.41, 5.74) is 1.10. The van der Waals surface area contributed by atoms with Crippen LogP contribution in [0.25, 0.3) is 0 Å². The first-order valence-corrected chi connectivity index (χ1v) is 7.27. The molecule has 0 aliphatic heterocycles. The first kappa shape index (κ1) is 18.0. The van der Waals surface area contributed by atoms with Crippen LogP contribution in [-0.4, -0.2) is 42.0 Å².